The highest BCUT2D eigenvalue weighted by Crippen LogP contribution is 2.47. The van der Waals surface area contributed by atoms with Crippen LogP contribution >= 0.6 is 0 Å². The number of allylic oxidation sites excluding steroid dienone is 4. The number of carbonyl (C=O) groups is 12. The predicted octanol–water partition coefficient (Wildman–Crippen LogP) is 19.0. The van der Waals surface area contributed by atoms with Gasteiger partial charge in [0.1, 0.15) is 23.4 Å². The third-order valence-electron chi connectivity index (χ3n) is 14.5. The zero-order valence-electron chi connectivity index (χ0n) is 74.4. The summed E-state index contributed by atoms with van der Waals surface area (Å²) in [6.07, 6.45) is 35.0. The first kappa shape index (κ1) is 117. The maximum absolute atomic E-state index is 11.7. The molecule has 0 aromatic carbocycles. The highest BCUT2D eigenvalue weighted by atomic mass is 16.2. The summed E-state index contributed by atoms with van der Waals surface area (Å²) >= 11 is 0. The number of likely N-dealkylation sites (tertiary alicyclic amines) is 1. The number of ketones is 10. The normalized spacial score (nSPS) is 13.7. The fraction of sp³-hybridized carbons (Fsp3) is 0.699. The second kappa shape index (κ2) is 74.7. The Bertz CT molecular complexity index is 2840. The van der Waals surface area contributed by atoms with E-state index in [1.165, 1.54) is 12.2 Å². The van der Waals surface area contributed by atoms with Gasteiger partial charge in [0.25, 0.3) is 0 Å². The Hall–Kier alpha value is -7.40. The molecule has 2 amide bonds. The van der Waals surface area contributed by atoms with Crippen LogP contribution in [0.25, 0.3) is 0 Å². The van der Waals surface area contributed by atoms with Crippen LogP contribution in [-0.2, 0) is 57.5 Å². The van der Waals surface area contributed by atoms with Crippen molar-refractivity contribution < 1.29 is 57.5 Å². The minimum atomic E-state index is -0.329. The van der Waals surface area contributed by atoms with Crippen LogP contribution < -0.4 is 10.6 Å². The van der Waals surface area contributed by atoms with E-state index in [-0.39, 0.29) is 75.8 Å². The molecule has 2 N–H and O–H groups in total. The molecule has 3 fully saturated rings. The Morgan fingerprint density at radius 1 is 0.523 bits per heavy atom. The summed E-state index contributed by atoms with van der Waals surface area (Å²) in [5.74, 6) is 21.5. The SMILES string of the molecule is C#CC(=O)CC(C)C.C#CC1(C(=O)CC(C)C)CC1.C=CC(=O)CC(C)C.C=CC(=O)N1CCCC1C(=O)NC(C)C.CC#CC(=O)CC(C)C.CC(C)CC(=O)/C=C/N(C)C.CC(C)CC(=O)C1CCCN1.CC/C=C/C(=O)CC(C)C.CCC#CC(=O)CC(C)C.CCC(=O)CC(C)C.CCC(=O)CC(C)C. The van der Waals surface area contributed by atoms with Gasteiger partial charge in [-0.15, -0.1) is 12.8 Å². The quantitative estimate of drug-likeness (QED) is 0.0362. The van der Waals surface area contributed by atoms with Gasteiger partial charge in [-0.1, -0.05) is 203 Å². The molecule has 2 unspecified atom stereocenters. The summed E-state index contributed by atoms with van der Waals surface area (Å²) in [7, 11) is 3.80. The fourth-order valence-corrected chi connectivity index (χ4v) is 9.21. The molecule has 0 aromatic rings. The number of hydrogen-bond acceptors (Lipinski definition) is 14. The smallest absolute Gasteiger partial charge is 0.246 e. The minimum Gasteiger partial charge on any atom is -0.383 e. The Morgan fingerprint density at radius 2 is 0.936 bits per heavy atom. The van der Waals surface area contributed by atoms with Crippen molar-refractivity contribution in [3.05, 3.63) is 49.7 Å². The molecule has 0 bridgehead atoms. The summed E-state index contributed by atoms with van der Waals surface area (Å²) in [6, 6.07) is -0.0194. The van der Waals surface area contributed by atoms with Crippen LogP contribution in [0.15, 0.2) is 49.7 Å². The van der Waals surface area contributed by atoms with E-state index in [1.807, 2.05) is 150 Å². The molecule has 0 aromatic heterocycles. The Morgan fingerprint density at radius 3 is 1.23 bits per heavy atom. The van der Waals surface area contributed by atoms with Gasteiger partial charge in [0.15, 0.2) is 23.1 Å². The van der Waals surface area contributed by atoms with Crippen LogP contribution in [0.3, 0.4) is 0 Å². The number of terminal acetylenes is 2. The summed E-state index contributed by atoms with van der Waals surface area (Å²) in [6.45, 7) is 62.5. The molecule has 2 aliphatic heterocycles. The van der Waals surface area contributed by atoms with E-state index in [0.717, 1.165) is 77.2 Å². The molecule has 0 radical (unpaired) electrons. The molecular weight excluding hydrogens is 1370 g/mol. The van der Waals surface area contributed by atoms with E-state index in [2.05, 4.69) is 115 Å². The van der Waals surface area contributed by atoms with E-state index < -0.39 is 0 Å². The van der Waals surface area contributed by atoms with Gasteiger partial charge in [0, 0.05) is 116 Å². The average molecular weight is 1520 g/mol. The number of Topliss-reactive ketones (excluding diaryl/α,β-unsaturated/α-hetero) is 7. The van der Waals surface area contributed by atoms with Crippen LogP contribution in [0.1, 0.15) is 315 Å². The number of nitrogens with one attached hydrogen (secondary N) is 2. The number of carbonyl (C=O) groups excluding carboxylic acids is 12. The van der Waals surface area contributed by atoms with Gasteiger partial charge < -0.3 is 20.4 Å². The highest BCUT2D eigenvalue weighted by molar-refractivity contribution is 5.97. The van der Waals surface area contributed by atoms with E-state index in [4.69, 9.17) is 12.8 Å². The summed E-state index contributed by atoms with van der Waals surface area (Å²) in [4.78, 5) is 135. The van der Waals surface area contributed by atoms with E-state index in [9.17, 15) is 57.5 Å². The van der Waals surface area contributed by atoms with E-state index in [0.29, 0.717) is 141 Å². The Balaban J connectivity index is -0.000000173. The minimum absolute atomic E-state index is 0.0486. The topological polar surface area (TPSA) is 235 Å². The van der Waals surface area contributed by atoms with Gasteiger partial charge in [0.2, 0.25) is 29.2 Å². The van der Waals surface area contributed by atoms with Crippen LogP contribution in [0.5, 0.6) is 0 Å². The third kappa shape index (κ3) is 87.7. The van der Waals surface area contributed by atoms with Crippen LogP contribution in [0, 0.1) is 113 Å². The second-order valence-corrected chi connectivity index (χ2v) is 32.2. The Labute approximate surface area is 667 Å². The maximum Gasteiger partial charge on any atom is 0.246 e. The third-order valence-corrected chi connectivity index (χ3v) is 14.5. The molecule has 3 rings (SSSR count). The van der Waals surface area contributed by atoms with Crippen molar-refractivity contribution in [1.29, 1.82) is 0 Å². The standard InChI is InChI=1S/C11H18N2O2.C10H14O.2C9H17NO.C9H16O.C9H14O.C8H12O.2C7H14O.C7H12O.C7H10O/c1-4-10(14)13-7-5-6-9(13)11(15)12-8(2)3;1-4-10(5-6-10)9(11)7-8(2)3;1-7(2)6-9(11)8-4-3-5-10-8;1-8(2)7-9(11)5-6-10(3)4;2*1-4-5-6-9(10)7-8(2)3;1-4-5-8(9)6-7(2)3;4*1-4-7(8)5-6(2)3/h4,8-9H,1,5-7H2,2-3H3,(H,12,15);1,8H,5-7H2,2-3H3;7-8,10H,3-6H2,1-2H3;5-6,8H,7H2,1-4H3;5-6,8H,4,7H2,1-3H3;8H,4,7H2,1-3H3;7H,6H2,1-3H3;2*6H,4-5H2,1-3H3;4,6H,1,5H2,2-3H3;1,6H,5H2,2-3H3/b;;;2*6-5+;;;;;;. The number of rotatable bonds is 32. The van der Waals surface area contributed by atoms with E-state index >= 15 is 0 Å². The van der Waals surface area contributed by atoms with Gasteiger partial charge in [-0.05, 0) is 174 Å². The fourth-order valence-electron chi connectivity index (χ4n) is 9.21. The monoisotopic (exact) mass is 1520 g/mol. The van der Waals surface area contributed by atoms with Gasteiger partial charge in [-0.2, -0.15) is 0 Å². The van der Waals surface area contributed by atoms with Crippen molar-refractivity contribution in [3.63, 3.8) is 0 Å². The number of nitrogens with zero attached hydrogens (tertiary/aromatic N) is 2. The largest absolute Gasteiger partial charge is 0.383 e. The van der Waals surface area contributed by atoms with Gasteiger partial charge in [-0.25, -0.2) is 0 Å². The molecular formula is C93H158N4O12. The first-order valence-corrected chi connectivity index (χ1v) is 40.3. The van der Waals surface area contributed by atoms with Crippen molar-refractivity contribution in [3.8, 4) is 48.4 Å². The first-order valence-electron chi connectivity index (χ1n) is 40.3. The molecule has 622 valence electrons. The lowest BCUT2D eigenvalue weighted by Gasteiger charge is -2.23. The van der Waals surface area contributed by atoms with Crippen LogP contribution in [0.2, 0.25) is 0 Å². The van der Waals surface area contributed by atoms with Crippen LogP contribution in [-0.4, -0.2) is 125 Å². The molecule has 3 aliphatic rings. The average Bonchev–Trinajstić information content (AvgIpc) is 1.65. The molecule has 2 heterocycles. The molecule has 109 heavy (non-hydrogen) atoms. The lowest BCUT2D eigenvalue weighted by Crippen LogP contribution is -2.47. The zero-order valence-corrected chi connectivity index (χ0v) is 74.4. The second-order valence-electron chi connectivity index (χ2n) is 32.2. The lowest BCUT2D eigenvalue weighted by molar-refractivity contribution is -0.135. The van der Waals surface area contributed by atoms with Gasteiger partial charge in [0.05, 0.1) is 11.5 Å². The lowest BCUT2D eigenvalue weighted by atomic mass is 9.94. The molecule has 16 nitrogen and oxygen atoms in total. The maximum atomic E-state index is 11.7. The molecule has 2 saturated heterocycles. The molecule has 1 aliphatic carbocycles. The Kier molecular flexibility index (Phi) is 80.4. The predicted molar refractivity (Wildman–Crippen MR) is 458 cm³/mol. The van der Waals surface area contributed by atoms with E-state index in [1.54, 1.807) is 30.2 Å². The molecule has 0 spiro atoms. The summed E-state index contributed by atoms with van der Waals surface area (Å²) in [5.41, 5.74) is -0.329. The van der Waals surface area contributed by atoms with Crippen molar-refractivity contribution in [2.45, 2.75) is 333 Å². The van der Waals surface area contributed by atoms with Crippen molar-refractivity contribution >= 4 is 69.6 Å². The molecule has 1 saturated carbocycles. The zero-order chi connectivity index (χ0) is 86.5. The molecule has 16 heteroatoms. The number of hydrogen-bond donors (Lipinski definition) is 2. The highest BCUT2D eigenvalue weighted by Gasteiger charge is 2.47. The van der Waals surface area contributed by atoms with Crippen molar-refractivity contribution in [1.82, 2.24) is 20.4 Å². The van der Waals surface area contributed by atoms with Gasteiger partial charge in [-0.3, -0.25) is 57.5 Å². The summed E-state index contributed by atoms with van der Waals surface area (Å²) in [5, 5.41) is 6.04. The number of amides is 2. The van der Waals surface area contributed by atoms with Crippen molar-refractivity contribution in [2.75, 3.05) is 27.2 Å². The molecule has 2 atom stereocenters. The van der Waals surface area contributed by atoms with Crippen molar-refractivity contribution in [2.24, 2.45) is 64.6 Å². The van der Waals surface area contributed by atoms with Gasteiger partial charge >= 0.3 is 0 Å². The summed E-state index contributed by atoms with van der Waals surface area (Å²) < 4.78 is 0. The van der Waals surface area contributed by atoms with Crippen LogP contribution in [0.4, 0.5) is 0 Å². The first-order chi connectivity index (χ1) is 50.5.